The number of benzene rings is 3. The van der Waals surface area contributed by atoms with Crippen molar-refractivity contribution in [3.63, 3.8) is 0 Å². The van der Waals surface area contributed by atoms with Gasteiger partial charge in [-0.2, -0.15) is 0 Å². The second-order valence-electron chi connectivity index (χ2n) is 8.88. The number of carbonyl (C=O) groups is 1. The van der Waals surface area contributed by atoms with Crippen molar-refractivity contribution < 1.29 is 23.8 Å². The van der Waals surface area contributed by atoms with Crippen molar-refractivity contribution >= 4 is 28.5 Å². The number of phenolic OH excluding ortho intramolecular Hbond substituents is 1. The average molecular weight is 526 g/mol. The molecule has 0 fully saturated rings. The number of phenols is 1. The number of aromatic nitrogens is 1. The zero-order valence-corrected chi connectivity index (χ0v) is 20.6. The van der Waals surface area contributed by atoms with Crippen molar-refractivity contribution in [2.24, 2.45) is 0 Å². The van der Waals surface area contributed by atoms with Gasteiger partial charge < -0.3 is 19.0 Å². The highest BCUT2D eigenvalue weighted by atomic mass is 35.5. The SMILES string of the molecule is O=C1C[C@@H](c2ccccc2OCc2ccccn2)c2c(cc(O)c3c(=O)c(-c4ccc(Cl)cc4)coc23)O1. The monoisotopic (exact) mass is 525 g/mol. The highest BCUT2D eigenvalue weighted by Crippen LogP contribution is 2.47. The molecule has 188 valence electrons. The third-order valence-corrected chi connectivity index (χ3v) is 6.77. The zero-order chi connectivity index (χ0) is 26.2. The number of ether oxygens (including phenoxy) is 2. The van der Waals surface area contributed by atoms with Gasteiger partial charge in [-0.15, -0.1) is 0 Å². The minimum absolute atomic E-state index is 0.000514. The molecule has 1 aliphatic rings. The Labute approximate surface area is 221 Å². The number of hydrogen-bond acceptors (Lipinski definition) is 7. The van der Waals surface area contributed by atoms with Crippen LogP contribution in [-0.2, 0) is 11.4 Å². The predicted molar refractivity (Wildman–Crippen MR) is 142 cm³/mol. The summed E-state index contributed by atoms with van der Waals surface area (Å²) in [5.74, 6) is -0.653. The van der Waals surface area contributed by atoms with E-state index in [9.17, 15) is 14.7 Å². The normalized spacial score (nSPS) is 14.7. The Hall–Kier alpha value is -4.62. The van der Waals surface area contributed by atoms with Crippen LogP contribution in [0.15, 0.2) is 94.5 Å². The lowest BCUT2D eigenvalue weighted by Crippen LogP contribution is -2.22. The lowest BCUT2D eigenvalue weighted by atomic mass is 9.84. The van der Waals surface area contributed by atoms with Gasteiger partial charge in [0.1, 0.15) is 41.1 Å². The summed E-state index contributed by atoms with van der Waals surface area (Å²) >= 11 is 6.00. The van der Waals surface area contributed by atoms with Crippen LogP contribution in [0.5, 0.6) is 17.2 Å². The van der Waals surface area contributed by atoms with Crippen molar-refractivity contribution in [1.82, 2.24) is 4.98 Å². The molecule has 2 aromatic heterocycles. The molecule has 1 aliphatic heterocycles. The fourth-order valence-electron chi connectivity index (χ4n) is 4.76. The molecule has 0 spiro atoms. The van der Waals surface area contributed by atoms with Crippen LogP contribution in [0.4, 0.5) is 0 Å². The zero-order valence-electron chi connectivity index (χ0n) is 19.9. The maximum absolute atomic E-state index is 13.6. The molecule has 8 heteroatoms. The smallest absolute Gasteiger partial charge is 0.312 e. The molecule has 0 saturated heterocycles. The molecule has 1 N–H and O–H groups in total. The third-order valence-electron chi connectivity index (χ3n) is 6.52. The fraction of sp³-hybridized carbons (Fsp3) is 0.100. The van der Waals surface area contributed by atoms with E-state index in [1.54, 1.807) is 30.5 Å². The van der Waals surface area contributed by atoms with Crippen LogP contribution in [0.1, 0.15) is 29.2 Å². The van der Waals surface area contributed by atoms with Crippen LogP contribution in [0.2, 0.25) is 5.02 Å². The molecule has 0 aliphatic carbocycles. The Balaban J connectivity index is 1.49. The number of carbonyl (C=O) groups excluding carboxylic acids is 1. The molecule has 6 rings (SSSR count). The Kier molecular flexibility index (Phi) is 6.05. The number of aromatic hydroxyl groups is 1. The first kappa shape index (κ1) is 23.8. The maximum Gasteiger partial charge on any atom is 0.312 e. The minimum Gasteiger partial charge on any atom is -0.507 e. The van der Waals surface area contributed by atoms with E-state index >= 15 is 0 Å². The van der Waals surface area contributed by atoms with Crippen molar-refractivity contribution in [3.8, 4) is 28.4 Å². The number of esters is 1. The molecule has 0 bridgehead atoms. The van der Waals surface area contributed by atoms with E-state index in [1.807, 2.05) is 42.5 Å². The second-order valence-corrected chi connectivity index (χ2v) is 9.31. The summed E-state index contributed by atoms with van der Waals surface area (Å²) in [5, 5.41) is 11.4. The molecule has 0 unspecified atom stereocenters. The predicted octanol–water partition coefficient (Wildman–Crippen LogP) is 6.23. The quantitative estimate of drug-likeness (QED) is 0.214. The van der Waals surface area contributed by atoms with Gasteiger partial charge in [0.15, 0.2) is 0 Å². The van der Waals surface area contributed by atoms with E-state index in [2.05, 4.69) is 4.98 Å². The number of fused-ring (bicyclic) bond motifs is 3. The molecule has 0 saturated carbocycles. The molecule has 0 amide bonds. The lowest BCUT2D eigenvalue weighted by Gasteiger charge is -2.27. The first-order valence-electron chi connectivity index (χ1n) is 11.9. The Morgan fingerprint density at radius 1 is 1.03 bits per heavy atom. The summed E-state index contributed by atoms with van der Waals surface area (Å²) in [6.07, 6.45) is 3.04. The van der Waals surface area contributed by atoms with Gasteiger partial charge in [-0.05, 0) is 35.9 Å². The van der Waals surface area contributed by atoms with Gasteiger partial charge in [0, 0.05) is 34.3 Å². The number of halogens is 1. The summed E-state index contributed by atoms with van der Waals surface area (Å²) in [5.41, 5.74) is 2.57. The summed E-state index contributed by atoms with van der Waals surface area (Å²) in [6.45, 7) is 0.234. The Morgan fingerprint density at radius 3 is 2.61 bits per heavy atom. The van der Waals surface area contributed by atoms with E-state index in [0.717, 1.165) is 11.3 Å². The van der Waals surface area contributed by atoms with E-state index < -0.39 is 17.3 Å². The molecule has 0 radical (unpaired) electrons. The number of hydrogen-bond donors (Lipinski definition) is 1. The summed E-state index contributed by atoms with van der Waals surface area (Å²) in [4.78, 5) is 30.5. The second kappa shape index (κ2) is 9.68. The van der Waals surface area contributed by atoms with Gasteiger partial charge >= 0.3 is 5.97 Å². The van der Waals surface area contributed by atoms with E-state index in [1.165, 1.54) is 12.3 Å². The van der Waals surface area contributed by atoms with Crippen molar-refractivity contribution in [3.05, 3.63) is 117 Å². The van der Waals surface area contributed by atoms with Crippen LogP contribution < -0.4 is 14.9 Å². The summed E-state index contributed by atoms with van der Waals surface area (Å²) in [7, 11) is 0. The standard InChI is InChI=1S/C30H20ClNO6/c31-18-10-8-17(9-11-18)22-16-37-30-27-21(13-26(34)38-25(27)14-23(33)28(30)29(22)35)20-6-1-2-7-24(20)36-15-19-5-3-4-12-32-19/h1-12,14,16,21,33H,13,15H2/t21-/m0/s1. The number of para-hydroxylation sites is 1. The molecule has 5 aromatic rings. The fourth-order valence-corrected chi connectivity index (χ4v) is 4.89. The molecule has 3 heterocycles. The van der Waals surface area contributed by atoms with Crippen molar-refractivity contribution in [1.29, 1.82) is 0 Å². The molecule has 7 nitrogen and oxygen atoms in total. The Morgan fingerprint density at radius 2 is 1.82 bits per heavy atom. The van der Waals surface area contributed by atoms with Crippen LogP contribution >= 0.6 is 11.6 Å². The van der Waals surface area contributed by atoms with Crippen LogP contribution in [-0.4, -0.2) is 16.1 Å². The van der Waals surface area contributed by atoms with E-state index in [0.29, 0.717) is 21.9 Å². The Bertz CT molecular complexity index is 1730. The molecular formula is C30H20ClNO6. The molecule has 38 heavy (non-hydrogen) atoms. The number of nitrogens with zero attached hydrogens (tertiary/aromatic N) is 1. The van der Waals surface area contributed by atoms with E-state index in [-0.39, 0.29) is 41.1 Å². The third kappa shape index (κ3) is 4.27. The van der Waals surface area contributed by atoms with Crippen molar-refractivity contribution in [2.45, 2.75) is 18.9 Å². The summed E-state index contributed by atoms with van der Waals surface area (Å²) in [6, 6.07) is 21.0. The van der Waals surface area contributed by atoms with E-state index in [4.69, 9.17) is 25.5 Å². The van der Waals surface area contributed by atoms with Gasteiger partial charge in [0.25, 0.3) is 0 Å². The van der Waals surface area contributed by atoms with Gasteiger partial charge in [-0.3, -0.25) is 14.6 Å². The van der Waals surface area contributed by atoms with Crippen LogP contribution in [0.25, 0.3) is 22.1 Å². The van der Waals surface area contributed by atoms with Gasteiger partial charge in [-0.1, -0.05) is 48.0 Å². The van der Waals surface area contributed by atoms with Crippen LogP contribution in [0, 0.1) is 0 Å². The first-order chi connectivity index (χ1) is 18.5. The van der Waals surface area contributed by atoms with Crippen molar-refractivity contribution in [2.75, 3.05) is 0 Å². The summed E-state index contributed by atoms with van der Waals surface area (Å²) < 4.78 is 17.6. The molecular weight excluding hydrogens is 506 g/mol. The van der Waals surface area contributed by atoms with Gasteiger partial charge in [0.2, 0.25) is 5.43 Å². The van der Waals surface area contributed by atoms with Crippen LogP contribution in [0.3, 0.4) is 0 Å². The maximum atomic E-state index is 13.6. The van der Waals surface area contributed by atoms with Gasteiger partial charge in [-0.25, -0.2) is 0 Å². The largest absolute Gasteiger partial charge is 0.507 e. The minimum atomic E-state index is -0.543. The number of pyridine rings is 1. The highest BCUT2D eigenvalue weighted by molar-refractivity contribution is 6.30. The molecule has 1 atom stereocenters. The lowest BCUT2D eigenvalue weighted by molar-refractivity contribution is -0.135. The highest BCUT2D eigenvalue weighted by Gasteiger charge is 2.35. The average Bonchev–Trinajstić information content (AvgIpc) is 2.93. The molecule has 3 aromatic carbocycles. The van der Waals surface area contributed by atoms with Gasteiger partial charge in [0.05, 0.1) is 17.7 Å². The topological polar surface area (TPSA) is 98.9 Å². The first-order valence-corrected chi connectivity index (χ1v) is 12.3. The number of rotatable bonds is 5.